The third kappa shape index (κ3) is 4.98. The molecular weight excluding hydrogens is 695 g/mol. The molecule has 0 aliphatic carbocycles. The molecule has 0 saturated heterocycles. The molecule has 4 heteroatoms. The van der Waals surface area contributed by atoms with E-state index in [-0.39, 0.29) is 0 Å². The number of benzene rings is 8. The van der Waals surface area contributed by atoms with Crippen molar-refractivity contribution in [2.45, 2.75) is 0 Å². The molecule has 8 aromatic carbocycles. The highest BCUT2D eigenvalue weighted by molar-refractivity contribution is 6.13. The zero-order chi connectivity index (χ0) is 37.5. The van der Waals surface area contributed by atoms with E-state index in [1.165, 1.54) is 43.7 Å². The van der Waals surface area contributed by atoms with Crippen molar-refractivity contribution in [3.63, 3.8) is 0 Å². The van der Waals surface area contributed by atoms with Gasteiger partial charge in [0.15, 0.2) is 0 Å². The second-order valence-electron chi connectivity index (χ2n) is 14.8. The lowest BCUT2D eigenvalue weighted by Gasteiger charge is -2.13. The van der Waals surface area contributed by atoms with Gasteiger partial charge in [0.1, 0.15) is 17.0 Å². The summed E-state index contributed by atoms with van der Waals surface area (Å²) in [6.07, 6.45) is 0. The first-order chi connectivity index (χ1) is 28.2. The number of pyridine rings is 1. The van der Waals surface area contributed by atoms with Gasteiger partial charge in [-0.3, -0.25) is 4.57 Å². The first-order valence-electron chi connectivity index (χ1n) is 19.4. The van der Waals surface area contributed by atoms with Gasteiger partial charge in [0.25, 0.3) is 0 Å². The highest BCUT2D eigenvalue weighted by atomic mass is 16.3. The smallest absolute Gasteiger partial charge is 0.138 e. The number of fused-ring (bicyclic) bond motifs is 9. The molecule has 0 spiro atoms. The molecule has 4 aromatic heterocycles. The van der Waals surface area contributed by atoms with Gasteiger partial charge in [-0.15, -0.1) is 0 Å². The van der Waals surface area contributed by atoms with Crippen LogP contribution in [0.4, 0.5) is 0 Å². The number of hydrogen-bond donors (Lipinski definition) is 0. The fourth-order valence-corrected chi connectivity index (χ4v) is 8.87. The molecule has 0 atom stereocenters. The predicted molar refractivity (Wildman–Crippen MR) is 237 cm³/mol. The van der Waals surface area contributed by atoms with Gasteiger partial charge in [-0.25, -0.2) is 4.98 Å². The van der Waals surface area contributed by atoms with Gasteiger partial charge < -0.3 is 8.98 Å². The largest absolute Gasteiger partial charge is 0.456 e. The Hall–Kier alpha value is -7.69. The number of para-hydroxylation sites is 3. The monoisotopic (exact) mass is 727 g/mol. The van der Waals surface area contributed by atoms with Gasteiger partial charge in [0, 0.05) is 43.6 Å². The zero-order valence-corrected chi connectivity index (χ0v) is 30.8. The lowest BCUT2D eigenvalue weighted by atomic mass is 10.0. The first kappa shape index (κ1) is 31.6. The van der Waals surface area contributed by atoms with Crippen LogP contribution in [-0.4, -0.2) is 14.1 Å². The number of nitrogens with zero attached hydrogens (tertiary/aromatic N) is 3. The summed E-state index contributed by atoms with van der Waals surface area (Å²) in [6.45, 7) is 0. The van der Waals surface area contributed by atoms with Crippen molar-refractivity contribution in [1.82, 2.24) is 14.1 Å². The molecule has 0 unspecified atom stereocenters. The highest BCUT2D eigenvalue weighted by Crippen LogP contribution is 2.40. The molecule has 0 aliphatic heterocycles. The maximum Gasteiger partial charge on any atom is 0.138 e. The summed E-state index contributed by atoms with van der Waals surface area (Å²) in [5.41, 5.74) is 14.2. The molecule has 57 heavy (non-hydrogen) atoms. The third-order valence-electron chi connectivity index (χ3n) is 11.5. The van der Waals surface area contributed by atoms with E-state index in [0.717, 1.165) is 66.9 Å². The van der Waals surface area contributed by atoms with Crippen LogP contribution in [0.5, 0.6) is 0 Å². The molecule has 0 radical (unpaired) electrons. The Bertz CT molecular complexity index is 3460. The van der Waals surface area contributed by atoms with E-state index in [4.69, 9.17) is 9.40 Å². The van der Waals surface area contributed by atoms with Crippen LogP contribution in [-0.2, 0) is 0 Å². The topological polar surface area (TPSA) is 35.9 Å². The van der Waals surface area contributed by atoms with Crippen molar-refractivity contribution in [1.29, 1.82) is 0 Å². The highest BCUT2D eigenvalue weighted by Gasteiger charge is 2.18. The van der Waals surface area contributed by atoms with Crippen molar-refractivity contribution in [3.8, 4) is 45.0 Å². The molecular formula is C53H33N3O. The van der Waals surface area contributed by atoms with Gasteiger partial charge in [-0.05, 0) is 95.1 Å². The molecule has 0 saturated carbocycles. The second kappa shape index (κ2) is 12.4. The molecule has 12 aromatic rings. The molecule has 0 N–H and O–H groups in total. The quantitative estimate of drug-likeness (QED) is 0.177. The van der Waals surface area contributed by atoms with Gasteiger partial charge in [-0.1, -0.05) is 127 Å². The van der Waals surface area contributed by atoms with E-state index < -0.39 is 0 Å². The van der Waals surface area contributed by atoms with Gasteiger partial charge in [-0.2, -0.15) is 0 Å². The molecule has 0 aliphatic rings. The summed E-state index contributed by atoms with van der Waals surface area (Å²) in [5.74, 6) is 0.894. The minimum absolute atomic E-state index is 0.894. The number of rotatable bonds is 5. The van der Waals surface area contributed by atoms with Crippen LogP contribution in [0.2, 0.25) is 0 Å². The predicted octanol–water partition coefficient (Wildman–Crippen LogP) is 14.2. The molecule has 12 rings (SSSR count). The maximum atomic E-state index is 6.18. The molecule has 4 nitrogen and oxygen atoms in total. The van der Waals surface area contributed by atoms with Gasteiger partial charge in [0.2, 0.25) is 0 Å². The van der Waals surface area contributed by atoms with Crippen LogP contribution < -0.4 is 0 Å². The molecule has 0 bridgehead atoms. The van der Waals surface area contributed by atoms with E-state index in [9.17, 15) is 0 Å². The summed E-state index contributed by atoms with van der Waals surface area (Å²) >= 11 is 0. The Morgan fingerprint density at radius 1 is 0.316 bits per heavy atom. The first-order valence-corrected chi connectivity index (χ1v) is 19.4. The zero-order valence-electron chi connectivity index (χ0n) is 30.8. The van der Waals surface area contributed by atoms with E-state index >= 15 is 0 Å². The van der Waals surface area contributed by atoms with E-state index in [1.54, 1.807) is 0 Å². The van der Waals surface area contributed by atoms with E-state index in [1.807, 2.05) is 12.1 Å². The van der Waals surface area contributed by atoms with Crippen LogP contribution in [0.3, 0.4) is 0 Å². The van der Waals surface area contributed by atoms with Crippen LogP contribution in [0.25, 0.3) is 111 Å². The minimum atomic E-state index is 0.894. The normalized spacial score (nSPS) is 11.9. The van der Waals surface area contributed by atoms with Gasteiger partial charge >= 0.3 is 0 Å². The summed E-state index contributed by atoms with van der Waals surface area (Å²) in [4.78, 5) is 5.33. The van der Waals surface area contributed by atoms with Gasteiger partial charge in [0.05, 0.1) is 27.8 Å². The fraction of sp³-hybridized carbons (Fsp3) is 0. The number of aromatic nitrogens is 3. The Labute approximate surface area is 328 Å². The Morgan fingerprint density at radius 3 is 1.56 bits per heavy atom. The molecule has 4 heterocycles. The fourth-order valence-electron chi connectivity index (χ4n) is 8.87. The molecule has 0 fully saturated rings. The summed E-state index contributed by atoms with van der Waals surface area (Å²) < 4.78 is 10.9. The number of hydrogen-bond acceptors (Lipinski definition) is 2. The van der Waals surface area contributed by atoms with Crippen molar-refractivity contribution in [3.05, 3.63) is 200 Å². The molecule has 266 valence electrons. The SMILES string of the molecule is c1ccc(-c2cc(-c3ccccc3)nc(-n3c4ccccc4c4cc(-c5ccc6c(c5)c5ccccc5n6-c5ccc6oc7ccccc7c6c5)ccc43)c2)cc1. The standard InChI is InChI=1S/C53H33N3O/c1-3-13-34(14-4-1)38-31-46(35-15-5-2-6-16-35)54-53(32-38)56-48-21-11-8-18-41(48)44-30-37(24-27-50(44)56)36-23-26-49-43(29-36)40-17-7-10-20-47(40)55(49)39-25-28-52-45(33-39)42-19-9-12-22-51(42)57-52/h1-33H. The van der Waals surface area contributed by atoms with Crippen molar-refractivity contribution in [2.75, 3.05) is 0 Å². The average molecular weight is 728 g/mol. The van der Waals surface area contributed by atoms with Crippen LogP contribution in [0, 0.1) is 0 Å². The van der Waals surface area contributed by atoms with E-state index in [2.05, 4.69) is 197 Å². The Kier molecular flexibility index (Phi) is 6.89. The molecule has 0 amide bonds. The lowest BCUT2D eigenvalue weighted by Crippen LogP contribution is -2.00. The Balaban J connectivity index is 1.03. The summed E-state index contributed by atoms with van der Waals surface area (Å²) in [6, 6.07) is 71.4. The second-order valence-corrected chi connectivity index (χ2v) is 14.8. The van der Waals surface area contributed by atoms with Crippen LogP contribution in [0.1, 0.15) is 0 Å². The van der Waals surface area contributed by atoms with E-state index in [0.29, 0.717) is 0 Å². The average Bonchev–Trinajstić information content (AvgIpc) is 3.94. The lowest BCUT2D eigenvalue weighted by molar-refractivity contribution is 0.669. The summed E-state index contributed by atoms with van der Waals surface area (Å²) in [5, 5.41) is 7.09. The van der Waals surface area contributed by atoms with Crippen molar-refractivity contribution in [2.24, 2.45) is 0 Å². The van der Waals surface area contributed by atoms with Crippen molar-refractivity contribution < 1.29 is 4.42 Å². The third-order valence-corrected chi connectivity index (χ3v) is 11.5. The van der Waals surface area contributed by atoms with Crippen LogP contribution >= 0.6 is 0 Å². The summed E-state index contributed by atoms with van der Waals surface area (Å²) in [7, 11) is 0. The Morgan fingerprint density at radius 2 is 0.860 bits per heavy atom. The van der Waals surface area contributed by atoms with Crippen molar-refractivity contribution >= 4 is 65.6 Å². The minimum Gasteiger partial charge on any atom is -0.456 e. The maximum absolute atomic E-state index is 6.18. The number of furan rings is 1. The van der Waals surface area contributed by atoms with Crippen LogP contribution in [0.15, 0.2) is 205 Å².